The van der Waals surface area contributed by atoms with Gasteiger partial charge in [-0.05, 0) is 13.8 Å². The Bertz CT molecular complexity index is 232. The number of nitrogens with zero attached hydrogens (tertiary/aromatic N) is 2. The second-order valence-electron chi connectivity index (χ2n) is 3.49. The molecule has 0 radical (unpaired) electrons. The average molecular weight is 181 g/mol. The van der Waals surface area contributed by atoms with E-state index in [1.54, 1.807) is 0 Å². The summed E-state index contributed by atoms with van der Waals surface area (Å²) in [5.74, 6) is 0.0581. The molecule has 0 aromatic carbocycles. The van der Waals surface area contributed by atoms with Crippen LogP contribution in [0, 0.1) is 11.3 Å². The van der Waals surface area contributed by atoms with E-state index in [2.05, 4.69) is 5.32 Å². The van der Waals surface area contributed by atoms with Crippen LogP contribution in [0.4, 0.5) is 0 Å². The van der Waals surface area contributed by atoms with Gasteiger partial charge in [0.05, 0.1) is 12.5 Å². The zero-order valence-electron chi connectivity index (χ0n) is 8.08. The molecule has 0 bridgehead atoms. The van der Waals surface area contributed by atoms with Crippen molar-refractivity contribution in [2.75, 3.05) is 13.1 Å². The number of hydrogen-bond donors (Lipinski definition) is 1. The number of nitrogens with one attached hydrogen (secondary N) is 1. The second-order valence-corrected chi connectivity index (χ2v) is 3.49. The van der Waals surface area contributed by atoms with E-state index in [1.807, 2.05) is 24.8 Å². The van der Waals surface area contributed by atoms with Crippen molar-refractivity contribution in [2.24, 2.45) is 0 Å². The fraction of sp³-hybridized carbons (Fsp3) is 0.778. The molecule has 4 heteroatoms. The van der Waals surface area contributed by atoms with Gasteiger partial charge >= 0.3 is 0 Å². The second kappa shape index (κ2) is 4.24. The van der Waals surface area contributed by atoms with Crippen molar-refractivity contribution in [1.82, 2.24) is 10.2 Å². The molecule has 1 rings (SSSR count). The van der Waals surface area contributed by atoms with Crippen LogP contribution in [0.2, 0.25) is 0 Å². The normalized spacial score (nSPS) is 23.4. The van der Waals surface area contributed by atoms with Gasteiger partial charge in [0.15, 0.2) is 0 Å². The number of carbonyl (C=O) groups is 1. The largest absolute Gasteiger partial charge is 0.338 e. The summed E-state index contributed by atoms with van der Waals surface area (Å²) in [5, 5.41) is 11.5. The third-order valence-corrected chi connectivity index (χ3v) is 2.24. The highest BCUT2D eigenvalue weighted by atomic mass is 16.2. The van der Waals surface area contributed by atoms with Crippen molar-refractivity contribution in [1.29, 1.82) is 5.26 Å². The van der Waals surface area contributed by atoms with E-state index < -0.39 is 0 Å². The summed E-state index contributed by atoms with van der Waals surface area (Å²) in [4.78, 5) is 13.5. The van der Waals surface area contributed by atoms with Gasteiger partial charge in [0, 0.05) is 19.1 Å². The van der Waals surface area contributed by atoms with E-state index in [9.17, 15) is 4.79 Å². The molecule has 1 amide bonds. The Morgan fingerprint density at radius 2 is 2.46 bits per heavy atom. The van der Waals surface area contributed by atoms with Crippen LogP contribution in [0.25, 0.3) is 0 Å². The monoisotopic (exact) mass is 181 g/mol. The highest BCUT2D eigenvalue weighted by Crippen LogP contribution is 2.07. The minimum Gasteiger partial charge on any atom is -0.338 e. The first-order chi connectivity index (χ1) is 6.16. The smallest absolute Gasteiger partial charge is 0.241 e. The molecule has 0 aromatic heterocycles. The SMILES string of the molecule is CC(C)N1CCNC(CC#N)C1=O. The summed E-state index contributed by atoms with van der Waals surface area (Å²) in [6.07, 6.45) is 0.266. The molecule has 1 aliphatic heterocycles. The van der Waals surface area contributed by atoms with Crippen molar-refractivity contribution in [3.8, 4) is 6.07 Å². The zero-order chi connectivity index (χ0) is 9.84. The topological polar surface area (TPSA) is 56.1 Å². The van der Waals surface area contributed by atoms with Crippen molar-refractivity contribution >= 4 is 5.91 Å². The van der Waals surface area contributed by atoms with Crippen LogP contribution >= 0.6 is 0 Å². The van der Waals surface area contributed by atoms with Gasteiger partial charge in [-0.1, -0.05) is 0 Å². The Labute approximate surface area is 78.5 Å². The maximum Gasteiger partial charge on any atom is 0.241 e. The fourth-order valence-corrected chi connectivity index (χ4v) is 1.52. The third kappa shape index (κ3) is 2.19. The number of rotatable bonds is 2. The van der Waals surface area contributed by atoms with Gasteiger partial charge < -0.3 is 10.2 Å². The number of nitriles is 1. The van der Waals surface area contributed by atoms with Gasteiger partial charge in [0.2, 0.25) is 5.91 Å². The summed E-state index contributed by atoms with van der Waals surface area (Å²) in [5.41, 5.74) is 0. The molecule has 1 heterocycles. The Morgan fingerprint density at radius 3 is 3.00 bits per heavy atom. The maximum atomic E-state index is 11.7. The zero-order valence-corrected chi connectivity index (χ0v) is 8.08. The van der Waals surface area contributed by atoms with Crippen LogP contribution in [0.3, 0.4) is 0 Å². The Morgan fingerprint density at radius 1 is 1.77 bits per heavy atom. The molecule has 1 atom stereocenters. The van der Waals surface area contributed by atoms with Gasteiger partial charge in [-0.2, -0.15) is 5.26 Å². The summed E-state index contributed by atoms with van der Waals surface area (Å²) < 4.78 is 0. The molecule has 1 N–H and O–H groups in total. The van der Waals surface area contributed by atoms with Gasteiger partial charge in [-0.15, -0.1) is 0 Å². The van der Waals surface area contributed by atoms with Crippen molar-refractivity contribution in [3.63, 3.8) is 0 Å². The molecule has 0 aliphatic carbocycles. The van der Waals surface area contributed by atoms with Crippen LogP contribution in [0.15, 0.2) is 0 Å². The van der Waals surface area contributed by atoms with Crippen molar-refractivity contribution in [3.05, 3.63) is 0 Å². The van der Waals surface area contributed by atoms with Crippen LogP contribution in [0.1, 0.15) is 20.3 Å². The molecular formula is C9H15N3O. The van der Waals surface area contributed by atoms with Gasteiger partial charge in [0.25, 0.3) is 0 Å². The summed E-state index contributed by atoms with van der Waals surface area (Å²) in [7, 11) is 0. The molecule has 0 spiro atoms. The highest BCUT2D eigenvalue weighted by molar-refractivity contribution is 5.83. The molecular weight excluding hydrogens is 166 g/mol. The lowest BCUT2D eigenvalue weighted by Gasteiger charge is -2.35. The molecule has 72 valence electrons. The molecule has 0 saturated carbocycles. The van der Waals surface area contributed by atoms with Crippen molar-refractivity contribution < 1.29 is 4.79 Å². The minimum absolute atomic E-state index is 0.0581. The maximum absolute atomic E-state index is 11.7. The van der Waals surface area contributed by atoms with Crippen molar-refractivity contribution in [2.45, 2.75) is 32.4 Å². The van der Waals surface area contributed by atoms with E-state index in [-0.39, 0.29) is 24.4 Å². The fourth-order valence-electron chi connectivity index (χ4n) is 1.52. The first-order valence-corrected chi connectivity index (χ1v) is 4.57. The quantitative estimate of drug-likeness (QED) is 0.657. The average Bonchev–Trinajstić information content (AvgIpc) is 2.08. The lowest BCUT2D eigenvalue weighted by Crippen LogP contribution is -2.56. The molecule has 1 fully saturated rings. The molecule has 4 nitrogen and oxygen atoms in total. The molecule has 1 unspecified atom stereocenters. The first kappa shape index (κ1) is 10.0. The van der Waals surface area contributed by atoms with Gasteiger partial charge in [0.1, 0.15) is 6.04 Å². The summed E-state index contributed by atoms with van der Waals surface area (Å²) in [6.45, 7) is 5.52. The summed E-state index contributed by atoms with van der Waals surface area (Å²) >= 11 is 0. The molecule has 13 heavy (non-hydrogen) atoms. The number of hydrogen-bond acceptors (Lipinski definition) is 3. The predicted molar refractivity (Wildman–Crippen MR) is 48.9 cm³/mol. The number of piperazine rings is 1. The van der Waals surface area contributed by atoms with E-state index in [0.29, 0.717) is 0 Å². The lowest BCUT2D eigenvalue weighted by molar-refractivity contribution is -0.137. The lowest BCUT2D eigenvalue weighted by atomic mass is 10.1. The number of amides is 1. The van der Waals surface area contributed by atoms with Gasteiger partial charge in [-0.3, -0.25) is 4.79 Å². The van der Waals surface area contributed by atoms with Crippen LogP contribution in [-0.4, -0.2) is 36.0 Å². The Balaban J connectivity index is 2.61. The van der Waals surface area contributed by atoms with Crippen LogP contribution in [0.5, 0.6) is 0 Å². The van der Waals surface area contributed by atoms with Gasteiger partial charge in [-0.25, -0.2) is 0 Å². The third-order valence-electron chi connectivity index (χ3n) is 2.24. The summed E-state index contributed by atoms with van der Waals surface area (Å²) in [6, 6.07) is 1.96. The van der Waals surface area contributed by atoms with Crippen LogP contribution < -0.4 is 5.32 Å². The molecule has 1 aliphatic rings. The predicted octanol–water partition coefficient (Wildman–Crippen LogP) is 0.109. The highest BCUT2D eigenvalue weighted by Gasteiger charge is 2.29. The molecule has 1 saturated heterocycles. The van der Waals surface area contributed by atoms with E-state index in [0.717, 1.165) is 13.1 Å². The minimum atomic E-state index is -0.291. The Hall–Kier alpha value is -1.08. The van der Waals surface area contributed by atoms with E-state index in [4.69, 9.17) is 5.26 Å². The van der Waals surface area contributed by atoms with Crippen LogP contribution in [-0.2, 0) is 4.79 Å². The number of carbonyl (C=O) groups excluding carboxylic acids is 1. The Kier molecular flexibility index (Phi) is 3.26. The first-order valence-electron chi connectivity index (χ1n) is 4.57. The standard InChI is InChI=1S/C9H15N3O/c1-7(2)12-6-5-11-8(3-4-10)9(12)13/h7-8,11H,3,5-6H2,1-2H3. The van der Waals surface area contributed by atoms with E-state index in [1.165, 1.54) is 0 Å². The van der Waals surface area contributed by atoms with E-state index >= 15 is 0 Å². The molecule has 0 aromatic rings.